The van der Waals surface area contributed by atoms with Gasteiger partial charge in [0.1, 0.15) is 11.6 Å². The Morgan fingerprint density at radius 2 is 2.18 bits per heavy atom. The minimum absolute atomic E-state index is 0.294. The van der Waals surface area contributed by atoms with Gasteiger partial charge in [-0.05, 0) is 26.2 Å². The fourth-order valence-corrected chi connectivity index (χ4v) is 1.48. The fourth-order valence-electron chi connectivity index (χ4n) is 1.48. The number of rotatable bonds is 6. The molecule has 2 N–H and O–H groups in total. The lowest BCUT2D eigenvalue weighted by atomic mass is 10.2. The van der Waals surface area contributed by atoms with Crippen molar-refractivity contribution in [3.63, 3.8) is 0 Å². The number of nitrogens with one attached hydrogen (secondary N) is 1. The van der Waals surface area contributed by atoms with Crippen LogP contribution in [0, 0.1) is 5.82 Å². The molecule has 17 heavy (non-hydrogen) atoms. The third-order valence-corrected chi connectivity index (χ3v) is 2.28. The predicted octanol–water partition coefficient (Wildman–Crippen LogP) is 1.17. The number of likely N-dealkylation sites (N-methyl/N-ethyl adjacent to an activating group) is 1. The molecular formula is C12H19FN2O2. The summed E-state index contributed by atoms with van der Waals surface area (Å²) in [6.45, 7) is 0.820. The molecule has 0 bridgehead atoms. The molecule has 1 rings (SSSR count). The van der Waals surface area contributed by atoms with Gasteiger partial charge in [0.2, 0.25) is 0 Å². The summed E-state index contributed by atoms with van der Waals surface area (Å²) in [7, 11) is 5.27. The van der Waals surface area contributed by atoms with Crippen LogP contribution in [0.4, 0.5) is 10.1 Å². The van der Waals surface area contributed by atoms with Gasteiger partial charge in [-0.3, -0.25) is 0 Å². The standard InChI is InChI=1S/C12H19FN2O2/c1-15(2)8-9(16)7-14-12-6-10(17-3)4-5-11(12)13/h4-6,9,14,16H,7-8H2,1-3H3. The highest BCUT2D eigenvalue weighted by molar-refractivity contribution is 5.49. The van der Waals surface area contributed by atoms with E-state index in [0.717, 1.165) is 0 Å². The highest BCUT2D eigenvalue weighted by Crippen LogP contribution is 2.20. The van der Waals surface area contributed by atoms with Gasteiger partial charge < -0.3 is 20.1 Å². The van der Waals surface area contributed by atoms with E-state index in [0.29, 0.717) is 24.5 Å². The van der Waals surface area contributed by atoms with Crippen LogP contribution in [0.1, 0.15) is 0 Å². The number of benzene rings is 1. The van der Waals surface area contributed by atoms with Crippen molar-refractivity contribution in [2.75, 3.05) is 39.6 Å². The Balaban J connectivity index is 2.56. The van der Waals surface area contributed by atoms with Gasteiger partial charge in [0.15, 0.2) is 0 Å². The maximum absolute atomic E-state index is 13.4. The van der Waals surface area contributed by atoms with Gasteiger partial charge in [-0.2, -0.15) is 0 Å². The van der Waals surface area contributed by atoms with Crippen molar-refractivity contribution in [1.29, 1.82) is 0 Å². The fraction of sp³-hybridized carbons (Fsp3) is 0.500. The molecule has 0 fully saturated rings. The normalized spacial score (nSPS) is 12.6. The van der Waals surface area contributed by atoms with E-state index in [9.17, 15) is 9.50 Å². The number of anilines is 1. The molecule has 0 saturated carbocycles. The molecule has 4 nitrogen and oxygen atoms in total. The van der Waals surface area contributed by atoms with Crippen LogP contribution in [-0.4, -0.2) is 50.4 Å². The lowest BCUT2D eigenvalue weighted by Gasteiger charge is -2.17. The van der Waals surface area contributed by atoms with Crippen molar-refractivity contribution >= 4 is 5.69 Å². The average molecular weight is 242 g/mol. The molecule has 1 aromatic carbocycles. The molecule has 0 radical (unpaired) electrons. The number of aliphatic hydroxyl groups excluding tert-OH is 1. The minimum Gasteiger partial charge on any atom is -0.497 e. The zero-order chi connectivity index (χ0) is 12.8. The lowest BCUT2D eigenvalue weighted by Crippen LogP contribution is -2.31. The second kappa shape index (κ2) is 6.42. The van der Waals surface area contributed by atoms with Gasteiger partial charge in [0, 0.05) is 19.2 Å². The molecule has 0 saturated heterocycles. The highest BCUT2D eigenvalue weighted by Gasteiger charge is 2.08. The summed E-state index contributed by atoms with van der Waals surface area (Å²) in [5, 5.41) is 12.5. The number of hydrogen-bond donors (Lipinski definition) is 2. The summed E-state index contributed by atoms with van der Waals surface area (Å²) < 4.78 is 18.4. The van der Waals surface area contributed by atoms with Crippen LogP contribution in [0.3, 0.4) is 0 Å². The van der Waals surface area contributed by atoms with Crippen LogP contribution in [-0.2, 0) is 0 Å². The van der Waals surface area contributed by atoms with E-state index >= 15 is 0 Å². The van der Waals surface area contributed by atoms with Crippen molar-refractivity contribution in [3.05, 3.63) is 24.0 Å². The average Bonchev–Trinajstić information content (AvgIpc) is 2.27. The van der Waals surface area contributed by atoms with E-state index in [1.165, 1.54) is 13.2 Å². The summed E-state index contributed by atoms with van der Waals surface area (Å²) in [6, 6.07) is 4.45. The van der Waals surface area contributed by atoms with Crippen LogP contribution < -0.4 is 10.1 Å². The van der Waals surface area contributed by atoms with Crippen LogP contribution in [0.25, 0.3) is 0 Å². The number of methoxy groups -OCH3 is 1. The first-order valence-electron chi connectivity index (χ1n) is 5.43. The molecule has 1 atom stereocenters. The SMILES string of the molecule is COc1ccc(F)c(NCC(O)CN(C)C)c1. The van der Waals surface area contributed by atoms with Crippen LogP contribution in [0.5, 0.6) is 5.75 Å². The van der Waals surface area contributed by atoms with Crippen LogP contribution in [0.15, 0.2) is 18.2 Å². The number of halogens is 1. The van der Waals surface area contributed by atoms with Crippen molar-refractivity contribution in [3.8, 4) is 5.75 Å². The van der Waals surface area contributed by atoms with Crippen molar-refractivity contribution in [2.45, 2.75) is 6.10 Å². The monoisotopic (exact) mass is 242 g/mol. The van der Waals surface area contributed by atoms with E-state index in [-0.39, 0.29) is 5.82 Å². The van der Waals surface area contributed by atoms with E-state index in [2.05, 4.69) is 5.32 Å². The topological polar surface area (TPSA) is 44.7 Å². The number of aliphatic hydroxyl groups is 1. The highest BCUT2D eigenvalue weighted by atomic mass is 19.1. The first-order valence-corrected chi connectivity index (χ1v) is 5.43. The minimum atomic E-state index is -0.546. The quantitative estimate of drug-likeness (QED) is 0.786. The Kier molecular flexibility index (Phi) is 5.18. The third kappa shape index (κ3) is 4.58. The van der Waals surface area contributed by atoms with E-state index in [4.69, 9.17) is 4.74 Å². The summed E-state index contributed by atoms with van der Waals surface area (Å²) >= 11 is 0. The molecule has 0 aliphatic rings. The van der Waals surface area contributed by atoms with E-state index in [1.807, 2.05) is 19.0 Å². The number of ether oxygens (including phenoxy) is 1. The van der Waals surface area contributed by atoms with Crippen LogP contribution >= 0.6 is 0 Å². The molecular weight excluding hydrogens is 223 g/mol. The summed E-state index contributed by atoms with van der Waals surface area (Å²) in [5.74, 6) is 0.221. The molecule has 0 heterocycles. The summed E-state index contributed by atoms with van der Waals surface area (Å²) in [4.78, 5) is 1.87. The first kappa shape index (κ1) is 13.7. The zero-order valence-electron chi connectivity index (χ0n) is 10.4. The summed E-state index contributed by atoms with van der Waals surface area (Å²) in [6.07, 6.45) is -0.546. The Labute approximate surface area is 101 Å². The molecule has 96 valence electrons. The van der Waals surface area contributed by atoms with E-state index < -0.39 is 6.10 Å². The second-order valence-corrected chi connectivity index (χ2v) is 4.14. The maximum Gasteiger partial charge on any atom is 0.146 e. The molecule has 1 unspecified atom stereocenters. The molecule has 1 aromatic rings. The molecule has 5 heteroatoms. The molecule has 0 aromatic heterocycles. The molecule has 0 aliphatic carbocycles. The van der Waals surface area contributed by atoms with Gasteiger partial charge >= 0.3 is 0 Å². The zero-order valence-corrected chi connectivity index (χ0v) is 10.4. The Bertz CT molecular complexity index is 358. The number of hydrogen-bond acceptors (Lipinski definition) is 4. The molecule has 0 spiro atoms. The van der Waals surface area contributed by atoms with Crippen molar-refractivity contribution in [2.24, 2.45) is 0 Å². The first-order chi connectivity index (χ1) is 8.02. The Hall–Kier alpha value is -1.33. The van der Waals surface area contributed by atoms with Gasteiger partial charge in [-0.15, -0.1) is 0 Å². The van der Waals surface area contributed by atoms with Crippen molar-refractivity contribution < 1.29 is 14.2 Å². The van der Waals surface area contributed by atoms with E-state index in [1.54, 1.807) is 12.1 Å². The number of nitrogens with zero attached hydrogens (tertiary/aromatic N) is 1. The lowest BCUT2D eigenvalue weighted by molar-refractivity contribution is 0.148. The second-order valence-electron chi connectivity index (χ2n) is 4.14. The largest absolute Gasteiger partial charge is 0.497 e. The maximum atomic E-state index is 13.4. The van der Waals surface area contributed by atoms with Gasteiger partial charge in [-0.25, -0.2) is 4.39 Å². The summed E-state index contributed by atoms with van der Waals surface area (Å²) in [5.41, 5.74) is 0.335. The van der Waals surface area contributed by atoms with Gasteiger partial charge in [0.05, 0.1) is 18.9 Å². The predicted molar refractivity (Wildman–Crippen MR) is 66.0 cm³/mol. The molecule has 0 aliphatic heterocycles. The van der Waals surface area contributed by atoms with Crippen molar-refractivity contribution in [1.82, 2.24) is 4.90 Å². The Morgan fingerprint density at radius 1 is 1.47 bits per heavy atom. The van der Waals surface area contributed by atoms with Gasteiger partial charge in [-0.1, -0.05) is 0 Å². The van der Waals surface area contributed by atoms with Gasteiger partial charge in [0.25, 0.3) is 0 Å². The third-order valence-electron chi connectivity index (χ3n) is 2.28. The van der Waals surface area contributed by atoms with Crippen LogP contribution in [0.2, 0.25) is 0 Å². The Morgan fingerprint density at radius 3 is 2.76 bits per heavy atom. The smallest absolute Gasteiger partial charge is 0.146 e. The molecule has 0 amide bonds.